The molecular weight excluding hydrogens is 498 g/mol. The Morgan fingerprint density at radius 3 is 2.11 bits per heavy atom. The van der Waals surface area contributed by atoms with E-state index in [0.717, 1.165) is 21.9 Å². The molecule has 5 nitrogen and oxygen atoms in total. The number of hydrogen-bond donors (Lipinski definition) is 0. The first kappa shape index (κ1) is 27.2. The Morgan fingerprint density at radius 2 is 1.45 bits per heavy atom. The highest BCUT2D eigenvalue weighted by atomic mass is 35.5. The zero-order valence-corrected chi connectivity index (χ0v) is 22.8. The number of benzene rings is 4. The van der Waals surface area contributed by atoms with Crippen molar-refractivity contribution in [3.05, 3.63) is 119 Å². The maximum absolute atomic E-state index is 13.3. The predicted octanol–water partition coefficient (Wildman–Crippen LogP) is 8.04. The third kappa shape index (κ3) is 6.93. The number of esters is 1. The fourth-order valence-electron chi connectivity index (χ4n) is 4.32. The van der Waals surface area contributed by atoms with Gasteiger partial charge in [0.1, 0.15) is 11.7 Å². The SMILES string of the molecule is CN(C[C@H](c1ccc2ccccc2c1)[C@@H](OC(=O)c1ccc(Cl)cc1)c1ccccc1)C(=O)OC(C)(C)C. The molecule has 0 unspecified atom stereocenters. The van der Waals surface area contributed by atoms with Gasteiger partial charge in [0.25, 0.3) is 0 Å². The molecule has 0 saturated heterocycles. The topological polar surface area (TPSA) is 55.8 Å². The van der Waals surface area contributed by atoms with E-state index in [9.17, 15) is 9.59 Å². The second kappa shape index (κ2) is 11.7. The van der Waals surface area contributed by atoms with Gasteiger partial charge in [0.15, 0.2) is 0 Å². The Balaban J connectivity index is 1.76. The van der Waals surface area contributed by atoms with Crippen molar-refractivity contribution >= 4 is 34.4 Å². The van der Waals surface area contributed by atoms with Crippen LogP contribution in [0.15, 0.2) is 97.1 Å². The first-order valence-corrected chi connectivity index (χ1v) is 12.9. The summed E-state index contributed by atoms with van der Waals surface area (Å²) in [5.41, 5.74) is 1.53. The molecule has 4 rings (SSSR count). The van der Waals surface area contributed by atoms with Crippen molar-refractivity contribution in [3.8, 4) is 0 Å². The molecular formula is C32H32ClNO4. The minimum Gasteiger partial charge on any atom is -0.453 e. The fraction of sp³-hybridized carbons (Fsp3) is 0.250. The molecule has 0 spiro atoms. The molecule has 38 heavy (non-hydrogen) atoms. The van der Waals surface area contributed by atoms with Crippen LogP contribution in [0.1, 0.15) is 54.3 Å². The lowest BCUT2D eigenvalue weighted by molar-refractivity contribution is 0.0123. The third-order valence-corrected chi connectivity index (χ3v) is 6.44. The van der Waals surface area contributed by atoms with Crippen LogP contribution in [0.4, 0.5) is 4.79 Å². The van der Waals surface area contributed by atoms with Crippen LogP contribution in [0.3, 0.4) is 0 Å². The number of carbonyl (C=O) groups is 2. The predicted molar refractivity (Wildman–Crippen MR) is 152 cm³/mol. The molecule has 0 fully saturated rings. The average Bonchev–Trinajstić information content (AvgIpc) is 2.90. The van der Waals surface area contributed by atoms with Crippen molar-refractivity contribution in [2.75, 3.05) is 13.6 Å². The van der Waals surface area contributed by atoms with E-state index in [2.05, 4.69) is 12.1 Å². The number of carbonyl (C=O) groups excluding carboxylic acids is 2. The molecule has 196 valence electrons. The monoisotopic (exact) mass is 529 g/mol. The van der Waals surface area contributed by atoms with E-state index in [0.29, 0.717) is 10.6 Å². The zero-order valence-electron chi connectivity index (χ0n) is 22.1. The van der Waals surface area contributed by atoms with Crippen LogP contribution < -0.4 is 0 Å². The van der Waals surface area contributed by atoms with E-state index in [-0.39, 0.29) is 12.5 Å². The number of hydrogen-bond acceptors (Lipinski definition) is 4. The van der Waals surface area contributed by atoms with Gasteiger partial charge in [-0.3, -0.25) is 0 Å². The molecule has 2 atom stereocenters. The van der Waals surface area contributed by atoms with Crippen molar-refractivity contribution in [2.45, 2.75) is 38.4 Å². The van der Waals surface area contributed by atoms with Gasteiger partial charge in [-0.1, -0.05) is 84.4 Å². The molecule has 0 aliphatic carbocycles. The fourth-order valence-corrected chi connectivity index (χ4v) is 4.44. The largest absolute Gasteiger partial charge is 0.453 e. The smallest absolute Gasteiger partial charge is 0.410 e. The maximum Gasteiger partial charge on any atom is 0.410 e. The number of rotatable bonds is 7. The van der Waals surface area contributed by atoms with Crippen molar-refractivity contribution in [1.82, 2.24) is 4.90 Å². The van der Waals surface area contributed by atoms with E-state index in [4.69, 9.17) is 21.1 Å². The van der Waals surface area contributed by atoms with Crippen LogP contribution >= 0.6 is 11.6 Å². The van der Waals surface area contributed by atoms with Gasteiger partial charge in [0.2, 0.25) is 0 Å². The lowest BCUT2D eigenvalue weighted by Crippen LogP contribution is -2.38. The molecule has 0 saturated carbocycles. The highest BCUT2D eigenvalue weighted by molar-refractivity contribution is 6.30. The van der Waals surface area contributed by atoms with Crippen molar-refractivity contribution < 1.29 is 19.1 Å². The summed E-state index contributed by atoms with van der Waals surface area (Å²) in [5, 5.41) is 2.70. The average molecular weight is 530 g/mol. The first-order valence-electron chi connectivity index (χ1n) is 12.5. The number of amides is 1. The minimum absolute atomic E-state index is 0.265. The van der Waals surface area contributed by atoms with E-state index in [1.165, 1.54) is 4.90 Å². The molecule has 1 amide bonds. The third-order valence-electron chi connectivity index (χ3n) is 6.18. The van der Waals surface area contributed by atoms with Crippen LogP contribution in [0.25, 0.3) is 10.8 Å². The number of likely N-dealkylation sites (N-methyl/N-ethyl adjacent to an activating group) is 1. The van der Waals surface area contributed by atoms with Crippen molar-refractivity contribution in [2.24, 2.45) is 0 Å². The lowest BCUT2D eigenvalue weighted by Gasteiger charge is -2.32. The van der Waals surface area contributed by atoms with Crippen molar-refractivity contribution in [1.29, 1.82) is 0 Å². The van der Waals surface area contributed by atoms with Gasteiger partial charge in [-0.15, -0.1) is 0 Å². The number of nitrogens with zero attached hydrogens (tertiary/aromatic N) is 1. The zero-order chi connectivity index (χ0) is 27.3. The summed E-state index contributed by atoms with van der Waals surface area (Å²) >= 11 is 6.03. The summed E-state index contributed by atoms with van der Waals surface area (Å²) in [4.78, 5) is 27.8. The molecule has 0 heterocycles. The van der Waals surface area contributed by atoms with Crippen LogP contribution in [-0.4, -0.2) is 36.2 Å². The second-order valence-corrected chi connectivity index (χ2v) is 10.8. The molecule has 0 radical (unpaired) electrons. The Hall–Kier alpha value is -3.83. The van der Waals surface area contributed by atoms with Crippen LogP contribution in [0.5, 0.6) is 0 Å². The second-order valence-electron chi connectivity index (χ2n) is 10.3. The molecule has 0 aliphatic heterocycles. The van der Waals surface area contributed by atoms with Gasteiger partial charge in [-0.2, -0.15) is 0 Å². The lowest BCUT2D eigenvalue weighted by atomic mass is 9.87. The summed E-state index contributed by atoms with van der Waals surface area (Å²) in [6, 6.07) is 30.5. The molecule has 0 bridgehead atoms. The Bertz CT molecular complexity index is 1400. The van der Waals surface area contributed by atoms with E-state index < -0.39 is 23.8 Å². The molecule has 0 aliphatic rings. The Morgan fingerprint density at radius 1 is 0.816 bits per heavy atom. The van der Waals surface area contributed by atoms with Gasteiger partial charge in [-0.05, 0) is 66.9 Å². The van der Waals surface area contributed by atoms with Gasteiger partial charge in [0, 0.05) is 24.5 Å². The van der Waals surface area contributed by atoms with Crippen molar-refractivity contribution in [3.63, 3.8) is 0 Å². The number of halogens is 1. The molecule has 6 heteroatoms. The summed E-state index contributed by atoms with van der Waals surface area (Å²) in [7, 11) is 1.70. The maximum atomic E-state index is 13.3. The molecule has 0 N–H and O–H groups in total. The molecule has 0 aromatic heterocycles. The summed E-state index contributed by atoms with van der Waals surface area (Å²) in [6.07, 6.45) is -1.12. The standard InChI is InChI=1S/C32H32ClNO4/c1-32(2,3)38-31(36)34(4)21-28(26-15-14-22-10-8-9-13-25(22)20-26)29(23-11-6-5-7-12-23)37-30(35)24-16-18-27(33)19-17-24/h5-20,28-29H,21H2,1-4H3/t28-,29+/m1/s1. The highest BCUT2D eigenvalue weighted by Gasteiger charge is 2.32. The first-order chi connectivity index (χ1) is 18.1. The molecule has 4 aromatic carbocycles. The van der Waals surface area contributed by atoms with Gasteiger partial charge in [0.05, 0.1) is 5.56 Å². The Labute approximate surface area is 228 Å². The van der Waals surface area contributed by atoms with E-state index in [1.807, 2.05) is 81.4 Å². The summed E-state index contributed by atoms with van der Waals surface area (Å²) < 4.78 is 11.8. The number of fused-ring (bicyclic) bond motifs is 1. The molecule has 4 aromatic rings. The number of ether oxygens (including phenoxy) is 2. The van der Waals surface area contributed by atoms with Crippen LogP contribution in [0.2, 0.25) is 5.02 Å². The normalized spacial score (nSPS) is 13.0. The Kier molecular flexibility index (Phi) is 8.38. The van der Waals surface area contributed by atoms with Gasteiger partial charge >= 0.3 is 12.1 Å². The van der Waals surface area contributed by atoms with Crippen LogP contribution in [0, 0.1) is 0 Å². The van der Waals surface area contributed by atoms with Gasteiger partial charge in [-0.25, -0.2) is 9.59 Å². The minimum atomic E-state index is -0.676. The van der Waals surface area contributed by atoms with E-state index in [1.54, 1.807) is 31.3 Å². The summed E-state index contributed by atoms with van der Waals surface area (Å²) in [6.45, 7) is 5.77. The quantitative estimate of drug-likeness (QED) is 0.227. The van der Waals surface area contributed by atoms with E-state index >= 15 is 0 Å². The van der Waals surface area contributed by atoms with Gasteiger partial charge < -0.3 is 14.4 Å². The summed E-state index contributed by atoms with van der Waals surface area (Å²) in [5.74, 6) is -0.850. The highest BCUT2D eigenvalue weighted by Crippen LogP contribution is 2.37. The van der Waals surface area contributed by atoms with Crippen LogP contribution in [-0.2, 0) is 9.47 Å².